The van der Waals surface area contributed by atoms with Crippen molar-refractivity contribution in [3.63, 3.8) is 0 Å². The van der Waals surface area contributed by atoms with Gasteiger partial charge in [-0.15, -0.1) is 11.6 Å². The van der Waals surface area contributed by atoms with Crippen LogP contribution >= 0.6 is 11.6 Å². The third kappa shape index (κ3) is 6.63. The van der Waals surface area contributed by atoms with Gasteiger partial charge in [0.15, 0.2) is 11.5 Å². The number of carbonyl (C=O) groups excluding carboxylic acids is 2. The second kappa shape index (κ2) is 12.6. The highest BCUT2D eigenvalue weighted by atomic mass is 35.5. The van der Waals surface area contributed by atoms with Gasteiger partial charge in [0.1, 0.15) is 17.7 Å². The molecule has 1 fully saturated rings. The van der Waals surface area contributed by atoms with Gasteiger partial charge in [-0.3, -0.25) is 9.59 Å². The van der Waals surface area contributed by atoms with Crippen molar-refractivity contribution in [1.82, 2.24) is 10.2 Å². The van der Waals surface area contributed by atoms with Gasteiger partial charge in [-0.25, -0.2) is 4.39 Å². The fraction of sp³-hybridized carbons (Fsp3) is 0.462. The van der Waals surface area contributed by atoms with Gasteiger partial charge in [-0.05, 0) is 54.7 Å². The number of benzene rings is 2. The lowest BCUT2D eigenvalue weighted by Gasteiger charge is -2.33. The average molecular weight is 491 g/mol. The number of methoxy groups -OCH3 is 2. The molecule has 3 rings (SSSR count). The highest BCUT2D eigenvalue weighted by Gasteiger charge is 2.32. The lowest BCUT2D eigenvalue weighted by molar-refractivity contribution is -0.139. The Morgan fingerprint density at radius 3 is 2.35 bits per heavy atom. The molecule has 8 heteroatoms. The van der Waals surface area contributed by atoms with Crippen molar-refractivity contribution >= 4 is 23.4 Å². The van der Waals surface area contributed by atoms with Crippen LogP contribution in [-0.2, 0) is 16.0 Å². The molecule has 34 heavy (non-hydrogen) atoms. The monoisotopic (exact) mass is 490 g/mol. The van der Waals surface area contributed by atoms with E-state index in [1.807, 2.05) is 12.1 Å². The van der Waals surface area contributed by atoms with Crippen LogP contribution in [0.4, 0.5) is 4.39 Å². The Morgan fingerprint density at radius 2 is 1.74 bits per heavy atom. The molecule has 1 saturated carbocycles. The van der Waals surface area contributed by atoms with Crippen LogP contribution < -0.4 is 14.8 Å². The van der Waals surface area contributed by atoms with Gasteiger partial charge in [-0.2, -0.15) is 0 Å². The minimum atomic E-state index is -0.908. The standard InChI is InChI=1S/C26H32ClFN2O4/c1-33-22-13-8-18(16-23(22)34-2)14-15-30(24(31)17-27)25(19-9-11-20(28)12-10-19)26(32)29-21-6-4-3-5-7-21/h8-13,16,21,25H,3-7,14-15,17H2,1-2H3,(H,29,32)/t25-/m1/s1. The molecule has 0 unspecified atom stereocenters. The van der Waals surface area contributed by atoms with Crippen LogP contribution in [0.1, 0.15) is 49.3 Å². The van der Waals surface area contributed by atoms with Crippen molar-refractivity contribution in [3.05, 3.63) is 59.4 Å². The second-order valence-electron chi connectivity index (χ2n) is 8.46. The van der Waals surface area contributed by atoms with Gasteiger partial charge >= 0.3 is 0 Å². The summed E-state index contributed by atoms with van der Waals surface area (Å²) in [5.74, 6) is -0.119. The zero-order valence-electron chi connectivity index (χ0n) is 19.7. The smallest absolute Gasteiger partial charge is 0.247 e. The van der Waals surface area contributed by atoms with E-state index in [1.54, 1.807) is 32.4 Å². The average Bonchev–Trinajstić information content (AvgIpc) is 2.87. The molecular formula is C26H32ClFN2O4. The Kier molecular flexibility index (Phi) is 9.57. The summed E-state index contributed by atoms with van der Waals surface area (Å²) in [7, 11) is 3.13. The van der Waals surface area contributed by atoms with Crippen molar-refractivity contribution in [1.29, 1.82) is 0 Å². The zero-order chi connectivity index (χ0) is 24.5. The molecule has 2 aromatic rings. The van der Waals surface area contributed by atoms with Gasteiger partial charge in [0, 0.05) is 12.6 Å². The van der Waals surface area contributed by atoms with E-state index in [0.29, 0.717) is 23.5 Å². The van der Waals surface area contributed by atoms with Gasteiger partial charge in [0.25, 0.3) is 0 Å². The molecule has 0 bridgehead atoms. The van der Waals surface area contributed by atoms with E-state index >= 15 is 0 Å². The molecule has 1 aliphatic rings. The topological polar surface area (TPSA) is 67.9 Å². The fourth-order valence-corrected chi connectivity index (χ4v) is 4.56. The summed E-state index contributed by atoms with van der Waals surface area (Å²) in [4.78, 5) is 27.9. The maximum atomic E-state index is 13.6. The van der Waals surface area contributed by atoms with Crippen molar-refractivity contribution in [2.45, 2.75) is 50.6 Å². The molecule has 2 aromatic carbocycles. The molecule has 0 saturated heterocycles. The lowest BCUT2D eigenvalue weighted by atomic mass is 9.94. The largest absolute Gasteiger partial charge is 0.493 e. The minimum Gasteiger partial charge on any atom is -0.493 e. The molecule has 6 nitrogen and oxygen atoms in total. The number of nitrogens with zero attached hydrogens (tertiary/aromatic N) is 1. The maximum absolute atomic E-state index is 13.6. The van der Waals surface area contributed by atoms with Crippen molar-refractivity contribution in [3.8, 4) is 11.5 Å². The Bertz CT molecular complexity index is 964. The van der Waals surface area contributed by atoms with Crippen molar-refractivity contribution in [2.75, 3.05) is 26.6 Å². The molecular weight excluding hydrogens is 459 g/mol. The molecule has 184 valence electrons. The predicted molar refractivity (Wildman–Crippen MR) is 130 cm³/mol. The quantitative estimate of drug-likeness (QED) is 0.492. The summed E-state index contributed by atoms with van der Waals surface area (Å²) in [5, 5.41) is 3.12. The van der Waals surface area contributed by atoms with E-state index in [2.05, 4.69) is 5.32 Å². The Labute approximate surface area is 205 Å². The van der Waals surface area contributed by atoms with Crippen LogP contribution in [0.15, 0.2) is 42.5 Å². The number of nitrogens with one attached hydrogen (secondary N) is 1. The first kappa shape index (κ1) is 25.8. The molecule has 2 amide bonds. The summed E-state index contributed by atoms with van der Waals surface area (Å²) < 4.78 is 24.3. The maximum Gasteiger partial charge on any atom is 0.247 e. The van der Waals surface area contributed by atoms with E-state index in [-0.39, 0.29) is 30.3 Å². The number of carbonyl (C=O) groups is 2. The Balaban J connectivity index is 1.87. The first-order valence-corrected chi connectivity index (χ1v) is 12.1. The van der Waals surface area contributed by atoms with Crippen LogP contribution in [0.5, 0.6) is 11.5 Å². The van der Waals surface area contributed by atoms with Crippen LogP contribution in [0, 0.1) is 5.82 Å². The Morgan fingerprint density at radius 1 is 1.06 bits per heavy atom. The SMILES string of the molecule is COc1ccc(CCN(C(=O)CCl)[C@@H](C(=O)NC2CCCCC2)c2ccc(F)cc2)cc1OC. The number of hydrogen-bond donors (Lipinski definition) is 1. The van der Waals surface area contributed by atoms with E-state index in [1.165, 1.54) is 17.0 Å². The minimum absolute atomic E-state index is 0.0722. The third-order valence-corrected chi connectivity index (χ3v) is 6.45. The number of ether oxygens (including phenoxy) is 2. The summed E-state index contributed by atoms with van der Waals surface area (Å²) in [6.07, 6.45) is 5.59. The van der Waals surface area contributed by atoms with Gasteiger partial charge in [-0.1, -0.05) is 37.5 Å². The number of amides is 2. The zero-order valence-corrected chi connectivity index (χ0v) is 20.4. The van der Waals surface area contributed by atoms with Crippen molar-refractivity contribution < 1.29 is 23.5 Å². The van der Waals surface area contributed by atoms with Gasteiger partial charge < -0.3 is 19.7 Å². The molecule has 1 atom stereocenters. The fourth-order valence-electron chi connectivity index (χ4n) is 4.41. The van der Waals surface area contributed by atoms with E-state index in [4.69, 9.17) is 21.1 Å². The number of hydrogen-bond acceptors (Lipinski definition) is 4. The normalized spacial score (nSPS) is 14.8. The molecule has 1 aliphatic carbocycles. The van der Waals surface area contributed by atoms with Crippen LogP contribution in [0.3, 0.4) is 0 Å². The highest BCUT2D eigenvalue weighted by Crippen LogP contribution is 2.29. The predicted octanol–water partition coefficient (Wildman–Crippen LogP) is 4.64. The first-order chi connectivity index (χ1) is 16.5. The van der Waals surface area contributed by atoms with Crippen LogP contribution in [0.2, 0.25) is 0 Å². The molecule has 0 aliphatic heterocycles. The number of rotatable bonds is 10. The number of alkyl halides is 1. The summed E-state index contributed by atoms with van der Waals surface area (Å²) in [6.45, 7) is 0.251. The summed E-state index contributed by atoms with van der Waals surface area (Å²) in [5.41, 5.74) is 1.45. The molecule has 0 spiro atoms. The second-order valence-corrected chi connectivity index (χ2v) is 8.72. The van der Waals surface area contributed by atoms with Gasteiger partial charge in [0.2, 0.25) is 11.8 Å². The lowest BCUT2D eigenvalue weighted by Crippen LogP contribution is -2.48. The Hall–Kier alpha value is -2.80. The molecule has 1 N–H and O–H groups in total. The molecule has 0 aromatic heterocycles. The third-order valence-electron chi connectivity index (χ3n) is 6.22. The first-order valence-electron chi connectivity index (χ1n) is 11.6. The highest BCUT2D eigenvalue weighted by molar-refractivity contribution is 6.27. The molecule has 0 radical (unpaired) electrons. The van der Waals surface area contributed by atoms with Gasteiger partial charge in [0.05, 0.1) is 14.2 Å². The summed E-state index contributed by atoms with van der Waals surface area (Å²) >= 11 is 5.95. The van der Waals surface area contributed by atoms with E-state index in [9.17, 15) is 14.0 Å². The van der Waals surface area contributed by atoms with Crippen LogP contribution in [-0.4, -0.2) is 49.4 Å². The van der Waals surface area contributed by atoms with E-state index in [0.717, 1.165) is 37.7 Å². The molecule has 0 heterocycles. The van der Waals surface area contributed by atoms with Crippen LogP contribution in [0.25, 0.3) is 0 Å². The number of halogens is 2. The van der Waals surface area contributed by atoms with Crippen molar-refractivity contribution in [2.24, 2.45) is 0 Å². The van der Waals surface area contributed by atoms with E-state index < -0.39 is 11.9 Å². The summed E-state index contributed by atoms with van der Waals surface area (Å²) in [6, 6.07) is 10.4.